The summed E-state index contributed by atoms with van der Waals surface area (Å²) in [5, 5.41) is 9.53. The van der Waals surface area contributed by atoms with E-state index in [9.17, 15) is 14.7 Å². The van der Waals surface area contributed by atoms with Gasteiger partial charge in [-0.2, -0.15) is 0 Å². The van der Waals surface area contributed by atoms with Gasteiger partial charge in [0.15, 0.2) is 4.80 Å². The Morgan fingerprint density at radius 1 is 1.12 bits per heavy atom. The molecule has 0 radical (unpaired) electrons. The first-order valence-corrected chi connectivity index (χ1v) is 11.5. The number of ether oxygens (including phenoxy) is 2. The van der Waals surface area contributed by atoms with Gasteiger partial charge in [-0.05, 0) is 62.2 Å². The maximum Gasteiger partial charge on any atom is 0.338 e. The number of aromatic hydroxyl groups is 1. The lowest BCUT2D eigenvalue weighted by Crippen LogP contribution is -2.39. The maximum atomic E-state index is 13.5. The highest BCUT2D eigenvalue weighted by molar-refractivity contribution is 7.07. The normalized spacial score (nSPS) is 15.7. The average molecular weight is 465 g/mol. The number of phenols is 1. The average Bonchev–Trinajstić information content (AvgIpc) is 3.10. The molecule has 8 heteroatoms. The van der Waals surface area contributed by atoms with E-state index in [2.05, 4.69) is 4.99 Å². The summed E-state index contributed by atoms with van der Waals surface area (Å²) in [5.74, 6) is 0.364. The topological polar surface area (TPSA) is 90.1 Å². The molecular weight excluding hydrogens is 440 g/mol. The third kappa shape index (κ3) is 4.47. The molecule has 1 aromatic heterocycles. The van der Waals surface area contributed by atoms with E-state index < -0.39 is 12.0 Å². The van der Waals surface area contributed by atoms with Crippen LogP contribution in [0.15, 0.2) is 69.6 Å². The van der Waals surface area contributed by atoms with Crippen LogP contribution >= 0.6 is 11.3 Å². The standard InChI is InChI=1S/C25H24N2O5S/c1-4-31-19-12-8-17(9-13-19)22-21(24(30)32-5-2)15(3)26-25-27(22)23(29)20(33-25)14-16-6-10-18(28)11-7-16/h6-14,22,28H,4-5H2,1-3H3/b20-14-. The molecule has 0 saturated carbocycles. The maximum absolute atomic E-state index is 13.5. The number of benzene rings is 2. The Morgan fingerprint density at radius 2 is 1.82 bits per heavy atom. The molecule has 1 atom stereocenters. The second-order valence-corrected chi connectivity index (χ2v) is 8.40. The molecule has 4 rings (SSSR count). The molecule has 7 nitrogen and oxygen atoms in total. The quantitative estimate of drug-likeness (QED) is 0.567. The summed E-state index contributed by atoms with van der Waals surface area (Å²) in [7, 11) is 0. The molecule has 0 amide bonds. The van der Waals surface area contributed by atoms with Crippen molar-refractivity contribution < 1.29 is 19.4 Å². The van der Waals surface area contributed by atoms with E-state index >= 15 is 0 Å². The van der Waals surface area contributed by atoms with Crippen LogP contribution in [0.25, 0.3) is 6.08 Å². The summed E-state index contributed by atoms with van der Waals surface area (Å²) < 4.78 is 12.9. The minimum absolute atomic E-state index is 0.152. The Hall–Kier alpha value is -3.65. The van der Waals surface area contributed by atoms with Crippen molar-refractivity contribution in [3.05, 3.63) is 90.6 Å². The zero-order chi connectivity index (χ0) is 23.5. The summed E-state index contributed by atoms with van der Waals surface area (Å²) in [6, 6.07) is 13.3. The van der Waals surface area contributed by atoms with Crippen LogP contribution in [0.4, 0.5) is 0 Å². The van der Waals surface area contributed by atoms with Crippen molar-refractivity contribution in [2.24, 2.45) is 4.99 Å². The predicted molar refractivity (Wildman–Crippen MR) is 126 cm³/mol. The number of carbonyl (C=O) groups excluding carboxylic acids is 1. The van der Waals surface area contributed by atoms with Crippen LogP contribution in [0.1, 0.15) is 37.9 Å². The van der Waals surface area contributed by atoms with Crippen molar-refractivity contribution in [3.63, 3.8) is 0 Å². The van der Waals surface area contributed by atoms with Crippen LogP contribution in [0.2, 0.25) is 0 Å². The van der Waals surface area contributed by atoms with Gasteiger partial charge in [-0.3, -0.25) is 9.36 Å². The Bertz CT molecular complexity index is 1380. The summed E-state index contributed by atoms with van der Waals surface area (Å²) in [4.78, 5) is 31.5. The molecule has 0 fully saturated rings. The number of phenolic OH excluding ortho intramolecular Hbond substituents is 1. The number of aromatic nitrogens is 1. The summed E-state index contributed by atoms with van der Waals surface area (Å²) in [6.45, 7) is 6.17. The molecule has 1 unspecified atom stereocenters. The van der Waals surface area contributed by atoms with E-state index in [1.807, 2.05) is 31.2 Å². The first kappa shape index (κ1) is 22.5. The summed E-state index contributed by atoms with van der Waals surface area (Å²) >= 11 is 1.26. The Kier molecular flexibility index (Phi) is 6.46. The van der Waals surface area contributed by atoms with Gasteiger partial charge in [0.1, 0.15) is 11.5 Å². The summed E-state index contributed by atoms with van der Waals surface area (Å²) in [6.07, 6.45) is 1.75. The van der Waals surface area contributed by atoms with Gasteiger partial charge in [-0.15, -0.1) is 0 Å². The van der Waals surface area contributed by atoms with Crippen LogP contribution in [-0.2, 0) is 9.53 Å². The number of hydrogen-bond acceptors (Lipinski definition) is 7. The van der Waals surface area contributed by atoms with Gasteiger partial charge in [0, 0.05) is 0 Å². The molecule has 1 N–H and O–H groups in total. The van der Waals surface area contributed by atoms with Crippen molar-refractivity contribution >= 4 is 23.4 Å². The van der Waals surface area contributed by atoms with Gasteiger partial charge in [0.05, 0.1) is 35.1 Å². The van der Waals surface area contributed by atoms with Crippen molar-refractivity contribution in [2.45, 2.75) is 26.8 Å². The third-order valence-corrected chi connectivity index (χ3v) is 6.20. The van der Waals surface area contributed by atoms with Gasteiger partial charge >= 0.3 is 5.97 Å². The lowest BCUT2D eigenvalue weighted by molar-refractivity contribution is -0.139. The van der Waals surface area contributed by atoms with Gasteiger partial charge < -0.3 is 14.6 Å². The number of carbonyl (C=O) groups is 1. The molecule has 0 aliphatic carbocycles. The fourth-order valence-electron chi connectivity index (χ4n) is 3.74. The van der Waals surface area contributed by atoms with Crippen LogP contribution in [-0.4, -0.2) is 28.9 Å². The van der Waals surface area contributed by atoms with Crippen LogP contribution in [0.5, 0.6) is 11.5 Å². The Labute approximate surface area is 194 Å². The molecular formula is C25H24N2O5S. The van der Waals surface area contributed by atoms with E-state index in [0.717, 1.165) is 11.1 Å². The first-order chi connectivity index (χ1) is 15.9. The van der Waals surface area contributed by atoms with Crippen LogP contribution in [0, 0.1) is 0 Å². The highest BCUT2D eigenvalue weighted by Crippen LogP contribution is 2.31. The Morgan fingerprint density at radius 3 is 2.45 bits per heavy atom. The van der Waals surface area contributed by atoms with Gasteiger partial charge in [0.25, 0.3) is 5.56 Å². The van der Waals surface area contributed by atoms with E-state index in [0.29, 0.717) is 33.0 Å². The number of nitrogens with zero attached hydrogens (tertiary/aromatic N) is 2. The lowest BCUT2D eigenvalue weighted by atomic mass is 9.96. The zero-order valence-electron chi connectivity index (χ0n) is 18.6. The van der Waals surface area contributed by atoms with E-state index in [4.69, 9.17) is 9.47 Å². The monoisotopic (exact) mass is 464 g/mol. The second-order valence-electron chi connectivity index (χ2n) is 7.40. The highest BCUT2D eigenvalue weighted by atomic mass is 32.1. The molecule has 1 aliphatic heterocycles. The van der Waals surface area contributed by atoms with E-state index in [-0.39, 0.29) is 17.9 Å². The Balaban J connectivity index is 1.90. The molecule has 0 saturated heterocycles. The molecule has 0 bridgehead atoms. The SMILES string of the molecule is CCOC(=O)C1=C(C)N=c2s/c(=C\c3ccc(O)cc3)c(=O)n2C1c1ccc(OCC)cc1. The second kappa shape index (κ2) is 9.46. The van der Waals surface area contributed by atoms with Crippen LogP contribution < -0.4 is 19.6 Å². The predicted octanol–water partition coefficient (Wildman–Crippen LogP) is 2.90. The molecule has 2 aromatic carbocycles. The number of fused-ring (bicyclic) bond motifs is 1. The third-order valence-electron chi connectivity index (χ3n) is 5.21. The van der Waals surface area contributed by atoms with Gasteiger partial charge in [-0.25, -0.2) is 9.79 Å². The number of hydrogen-bond donors (Lipinski definition) is 1. The first-order valence-electron chi connectivity index (χ1n) is 10.6. The minimum atomic E-state index is -0.669. The van der Waals surface area contributed by atoms with E-state index in [1.54, 1.807) is 48.8 Å². The number of thiazole rings is 1. The van der Waals surface area contributed by atoms with Crippen molar-refractivity contribution in [2.75, 3.05) is 13.2 Å². The minimum Gasteiger partial charge on any atom is -0.508 e. The smallest absolute Gasteiger partial charge is 0.338 e. The van der Waals surface area contributed by atoms with Crippen molar-refractivity contribution in [1.82, 2.24) is 4.57 Å². The highest BCUT2D eigenvalue weighted by Gasteiger charge is 2.33. The van der Waals surface area contributed by atoms with E-state index in [1.165, 1.54) is 11.3 Å². The fraction of sp³-hybridized carbons (Fsp3) is 0.240. The summed E-state index contributed by atoms with van der Waals surface area (Å²) in [5.41, 5.74) is 2.14. The molecule has 1 aliphatic rings. The molecule has 2 heterocycles. The molecule has 3 aromatic rings. The molecule has 170 valence electrons. The van der Waals surface area contributed by atoms with Crippen molar-refractivity contribution in [1.29, 1.82) is 0 Å². The molecule has 0 spiro atoms. The zero-order valence-corrected chi connectivity index (χ0v) is 19.4. The lowest BCUT2D eigenvalue weighted by Gasteiger charge is -2.24. The largest absolute Gasteiger partial charge is 0.508 e. The van der Waals surface area contributed by atoms with Gasteiger partial charge in [-0.1, -0.05) is 35.6 Å². The van der Waals surface area contributed by atoms with Crippen molar-refractivity contribution in [3.8, 4) is 11.5 Å². The van der Waals surface area contributed by atoms with Gasteiger partial charge in [0.2, 0.25) is 0 Å². The van der Waals surface area contributed by atoms with Crippen LogP contribution in [0.3, 0.4) is 0 Å². The molecule has 33 heavy (non-hydrogen) atoms. The number of esters is 1. The fourth-order valence-corrected chi connectivity index (χ4v) is 4.79. The number of allylic oxidation sites excluding steroid dienone is 1. The number of rotatable bonds is 6.